The van der Waals surface area contributed by atoms with Crippen LogP contribution in [-0.4, -0.2) is 38.0 Å². The van der Waals surface area contributed by atoms with Crippen molar-refractivity contribution in [2.24, 2.45) is 10.9 Å². The van der Waals surface area contributed by atoms with E-state index in [1.807, 2.05) is 13.8 Å². The molecule has 0 unspecified atom stereocenters. The van der Waals surface area contributed by atoms with E-state index in [9.17, 15) is 4.79 Å². The number of halogens is 1. The van der Waals surface area contributed by atoms with Gasteiger partial charge in [-0.15, -0.1) is 24.0 Å². The van der Waals surface area contributed by atoms with Crippen molar-refractivity contribution < 1.29 is 4.79 Å². The molecule has 0 aromatic heterocycles. The van der Waals surface area contributed by atoms with Crippen LogP contribution in [0.15, 0.2) is 4.99 Å². The van der Waals surface area contributed by atoms with Crippen molar-refractivity contribution in [3.05, 3.63) is 0 Å². The summed E-state index contributed by atoms with van der Waals surface area (Å²) in [5, 5.41) is 9.34. The lowest BCUT2D eigenvalue weighted by atomic mass is 10.0. The molecule has 0 aliphatic heterocycles. The summed E-state index contributed by atoms with van der Waals surface area (Å²) in [4.78, 5) is 15.9. The lowest BCUT2D eigenvalue weighted by Gasteiger charge is -2.12. The van der Waals surface area contributed by atoms with Crippen molar-refractivity contribution in [2.75, 3.05) is 26.2 Å². The summed E-state index contributed by atoms with van der Waals surface area (Å²) < 4.78 is 0. The van der Waals surface area contributed by atoms with Gasteiger partial charge < -0.3 is 16.0 Å². The highest BCUT2D eigenvalue weighted by Gasteiger charge is 2.13. The van der Waals surface area contributed by atoms with E-state index in [0.29, 0.717) is 0 Å². The molecule has 0 saturated heterocycles. The summed E-state index contributed by atoms with van der Waals surface area (Å²) in [6.45, 7) is 6.73. The Balaban J connectivity index is 0.00000484. The molecule has 0 heterocycles. The maximum atomic E-state index is 11.6. The Hall–Kier alpha value is -0.530. The monoisotopic (exact) mass is 438 g/mol. The van der Waals surface area contributed by atoms with Gasteiger partial charge in [-0.05, 0) is 25.7 Å². The van der Waals surface area contributed by atoms with E-state index in [1.54, 1.807) is 0 Å². The number of aliphatic imine (C=N–C) groups is 1. The van der Waals surface area contributed by atoms with Gasteiger partial charge in [-0.1, -0.05) is 45.4 Å². The first-order chi connectivity index (χ1) is 10.8. The largest absolute Gasteiger partial charge is 0.357 e. The van der Waals surface area contributed by atoms with Gasteiger partial charge in [0.05, 0.1) is 0 Å². The Morgan fingerprint density at radius 3 is 2.43 bits per heavy atom. The number of nitrogens with one attached hydrogen (secondary N) is 3. The highest BCUT2D eigenvalue weighted by molar-refractivity contribution is 14.0. The Bertz CT molecular complexity index is 331. The molecule has 0 atom stereocenters. The lowest BCUT2D eigenvalue weighted by molar-refractivity contribution is -0.119. The molecule has 1 amide bonds. The number of amides is 1. The van der Waals surface area contributed by atoms with E-state index in [0.717, 1.165) is 37.9 Å². The molecule has 6 heteroatoms. The van der Waals surface area contributed by atoms with Crippen LogP contribution in [0.4, 0.5) is 0 Å². The minimum Gasteiger partial charge on any atom is -0.357 e. The van der Waals surface area contributed by atoms with Crippen LogP contribution in [0.3, 0.4) is 0 Å². The van der Waals surface area contributed by atoms with Crippen LogP contribution in [0.5, 0.6) is 0 Å². The molecule has 0 aromatic carbocycles. The number of rotatable bonds is 10. The molecule has 1 aliphatic carbocycles. The van der Waals surface area contributed by atoms with Gasteiger partial charge in [0.2, 0.25) is 5.91 Å². The summed E-state index contributed by atoms with van der Waals surface area (Å²) in [5.41, 5.74) is 0. The molecule has 1 aliphatic rings. The van der Waals surface area contributed by atoms with Crippen LogP contribution in [0, 0.1) is 5.92 Å². The van der Waals surface area contributed by atoms with Gasteiger partial charge in [0.1, 0.15) is 6.54 Å². The van der Waals surface area contributed by atoms with Crippen molar-refractivity contribution in [2.45, 2.75) is 65.2 Å². The van der Waals surface area contributed by atoms with E-state index in [2.05, 4.69) is 20.9 Å². The number of guanidine groups is 1. The molecular formula is C17H35IN4O. The number of unbranched alkanes of at least 4 members (excludes halogenated alkanes) is 1. The summed E-state index contributed by atoms with van der Waals surface area (Å²) >= 11 is 0. The van der Waals surface area contributed by atoms with Crippen molar-refractivity contribution in [1.29, 1.82) is 0 Å². The Labute approximate surface area is 158 Å². The van der Waals surface area contributed by atoms with Crippen LogP contribution >= 0.6 is 24.0 Å². The van der Waals surface area contributed by atoms with Crippen LogP contribution in [0.2, 0.25) is 0 Å². The van der Waals surface area contributed by atoms with Gasteiger partial charge in [-0.25, -0.2) is 4.99 Å². The third-order valence-electron chi connectivity index (χ3n) is 4.10. The van der Waals surface area contributed by atoms with Gasteiger partial charge in [-0.3, -0.25) is 4.79 Å². The molecule has 1 fully saturated rings. The van der Waals surface area contributed by atoms with Gasteiger partial charge in [0, 0.05) is 19.6 Å². The molecule has 1 saturated carbocycles. The number of carbonyl (C=O) groups excluding carboxylic acids is 1. The Morgan fingerprint density at radius 1 is 1.04 bits per heavy atom. The molecule has 3 N–H and O–H groups in total. The van der Waals surface area contributed by atoms with E-state index >= 15 is 0 Å². The second-order valence-electron chi connectivity index (χ2n) is 6.12. The van der Waals surface area contributed by atoms with E-state index in [-0.39, 0.29) is 36.4 Å². The molecule has 136 valence electrons. The fourth-order valence-electron chi connectivity index (χ4n) is 2.88. The number of nitrogens with zero attached hydrogens (tertiary/aromatic N) is 1. The van der Waals surface area contributed by atoms with Crippen LogP contribution in [0.1, 0.15) is 65.2 Å². The minimum atomic E-state index is -0.0136. The predicted octanol–water partition coefficient (Wildman–Crippen LogP) is 3.05. The van der Waals surface area contributed by atoms with Crippen LogP contribution < -0.4 is 16.0 Å². The summed E-state index contributed by atoms with van der Waals surface area (Å²) in [7, 11) is 0. The summed E-state index contributed by atoms with van der Waals surface area (Å²) in [5.74, 6) is 1.71. The molecule has 0 aromatic rings. The minimum absolute atomic E-state index is 0. The second kappa shape index (κ2) is 15.0. The van der Waals surface area contributed by atoms with Crippen molar-refractivity contribution >= 4 is 35.8 Å². The number of carbonyl (C=O) groups is 1. The topological polar surface area (TPSA) is 65.5 Å². The van der Waals surface area contributed by atoms with Gasteiger partial charge in [-0.2, -0.15) is 0 Å². The SMILES string of the molecule is CCCNC(=O)CN=C(NCC)NCCCCC1CCCC1.I. The van der Waals surface area contributed by atoms with Crippen LogP contribution in [-0.2, 0) is 4.79 Å². The van der Waals surface area contributed by atoms with E-state index < -0.39 is 0 Å². The normalized spacial score (nSPS) is 15.1. The zero-order valence-corrected chi connectivity index (χ0v) is 17.2. The first-order valence-corrected chi connectivity index (χ1v) is 9.05. The third kappa shape index (κ3) is 11.6. The molecule has 23 heavy (non-hydrogen) atoms. The zero-order chi connectivity index (χ0) is 16.0. The molecule has 0 spiro atoms. The third-order valence-corrected chi connectivity index (χ3v) is 4.10. The zero-order valence-electron chi connectivity index (χ0n) is 14.8. The molecular weight excluding hydrogens is 403 g/mol. The van der Waals surface area contributed by atoms with Crippen LogP contribution in [0.25, 0.3) is 0 Å². The highest BCUT2D eigenvalue weighted by Crippen LogP contribution is 2.28. The van der Waals surface area contributed by atoms with Crippen molar-refractivity contribution in [3.63, 3.8) is 0 Å². The average molecular weight is 438 g/mol. The Kier molecular flexibility index (Phi) is 14.7. The van der Waals surface area contributed by atoms with E-state index in [1.165, 1.54) is 44.9 Å². The fourth-order valence-corrected chi connectivity index (χ4v) is 2.88. The maximum absolute atomic E-state index is 11.6. The molecule has 5 nitrogen and oxygen atoms in total. The highest BCUT2D eigenvalue weighted by atomic mass is 127. The first-order valence-electron chi connectivity index (χ1n) is 9.05. The molecule has 1 rings (SSSR count). The second-order valence-corrected chi connectivity index (χ2v) is 6.12. The summed E-state index contributed by atoms with van der Waals surface area (Å²) in [6.07, 6.45) is 10.5. The predicted molar refractivity (Wildman–Crippen MR) is 109 cm³/mol. The lowest BCUT2D eigenvalue weighted by Crippen LogP contribution is -2.39. The van der Waals surface area contributed by atoms with Crippen molar-refractivity contribution in [3.8, 4) is 0 Å². The van der Waals surface area contributed by atoms with Gasteiger partial charge in [0.15, 0.2) is 5.96 Å². The van der Waals surface area contributed by atoms with Gasteiger partial charge >= 0.3 is 0 Å². The average Bonchev–Trinajstić information content (AvgIpc) is 3.03. The summed E-state index contributed by atoms with van der Waals surface area (Å²) in [6, 6.07) is 0. The molecule has 0 radical (unpaired) electrons. The Morgan fingerprint density at radius 2 is 1.78 bits per heavy atom. The van der Waals surface area contributed by atoms with Gasteiger partial charge in [0.25, 0.3) is 0 Å². The fraction of sp³-hybridized carbons (Fsp3) is 0.882. The molecule has 0 bridgehead atoms. The van der Waals surface area contributed by atoms with E-state index in [4.69, 9.17) is 0 Å². The quantitative estimate of drug-likeness (QED) is 0.213. The number of hydrogen-bond acceptors (Lipinski definition) is 2. The number of hydrogen-bond donors (Lipinski definition) is 3. The first kappa shape index (κ1) is 22.5. The standard InChI is InChI=1S/C17H34N4O.HI/c1-3-12-19-16(22)14-21-17(18-4-2)20-13-8-7-11-15-9-5-6-10-15;/h15H,3-14H2,1-2H3,(H,19,22)(H2,18,20,21);1H. The maximum Gasteiger partial charge on any atom is 0.241 e. The van der Waals surface area contributed by atoms with Crippen molar-refractivity contribution in [1.82, 2.24) is 16.0 Å². The smallest absolute Gasteiger partial charge is 0.241 e.